The third kappa shape index (κ3) is 3.93. The van der Waals surface area contributed by atoms with E-state index in [0.717, 1.165) is 42.3 Å². The average Bonchev–Trinajstić information content (AvgIpc) is 3.54. The fraction of sp³-hybridized carbons (Fsp3) is 0.174. The number of benzene rings is 2. The van der Waals surface area contributed by atoms with Crippen LogP contribution in [0.1, 0.15) is 24.3 Å². The lowest BCUT2D eigenvalue weighted by Gasteiger charge is -2.13. The van der Waals surface area contributed by atoms with Gasteiger partial charge in [-0.05, 0) is 54.0 Å². The number of nitrogens with one attached hydrogen (secondary N) is 1. The fourth-order valence-corrected chi connectivity index (χ4v) is 5.39. The lowest BCUT2D eigenvalue weighted by molar-refractivity contribution is -0.113. The van der Waals surface area contributed by atoms with Crippen molar-refractivity contribution in [2.75, 3.05) is 11.1 Å². The monoisotopic (exact) mass is 469 g/mol. The number of para-hydroxylation sites is 2. The first-order valence-electron chi connectivity index (χ1n) is 9.99. The number of carbonyl (C=O) groups excluding carboxylic acids is 1. The van der Waals surface area contributed by atoms with E-state index in [2.05, 4.69) is 10.3 Å². The molecule has 1 N–H and O–H groups in total. The van der Waals surface area contributed by atoms with Crippen LogP contribution in [0.3, 0.4) is 0 Å². The number of rotatable bonds is 6. The van der Waals surface area contributed by atoms with Gasteiger partial charge in [0.05, 0.1) is 16.8 Å². The van der Waals surface area contributed by atoms with Crippen LogP contribution in [-0.2, 0) is 4.79 Å². The van der Waals surface area contributed by atoms with Crippen LogP contribution in [0.5, 0.6) is 0 Å². The smallest absolute Gasteiger partial charge is 0.267 e. The number of hydrogen-bond donors (Lipinski definition) is 1. The summed E-state index contributed by atoms with van der Waals surface area (Å²) in [5.74, 6) is -2.06. The molecule has 0 unspecified atom stereocenters. The molecule has 0 radical (unpaired) electrons. The summed E-state index contributed by atoms with van der Waals surface area (Å²) < 4.78 is 29.2. The molecule has 5 nitrogen and oxygen atoms in total. The molecule has 2 aromatic carbocycles. The summed E-state index contributed by atoms with van der Waals surface area (Å²) in [5, 5.41) is 5.24. The van der Waals surface area contributed by atoms with Crippen molar-refractivity contribution in [2.24, 2.45) is 0 Å². The summed E-state index contributed by atoms with van der Waals surface area (Å²) in [5.41, 5.74) is 1.01. The van der Waals surface area contributed by atoms with Crippen molar-refractivity contribution >= 4 is 44.9 Å². The number of anilines is 1. The molecule has 0 aliphatic heterocycles. The maximum absolute atomic E-state index is 13.8. The van der Waals surface area contributed by atoms with Crippen LogP contribution in [0, 0.1) is 11.6 Å². The maximum atomic E-state index is 13.8. The third-order valence-corrected chi connectivity index (χ3v) is 7.03. The van der Waals surface area contributed by atoms with Crippen molar-refractivity contribution in [3.8, 4) is 5.69 Å². The molecular weight excluding hydrogens is 452 g/mol. The first kappa shape index (κ1) is 20.8. The number of thiophene rings is 1. The van der Waals surface area contributed by atoms with Gasteiger partial charge in [-0.25, -0.2) is 13.8 Å². The van der Waals surface area contributed by atoms with E-state index in [9.17, 15) is 18.4 Å². The molecule has 1 aliphatic rings. The van der Waals surface area contributed by atoms with Crippen LogP contribution in [0.2, 0.25) is 0 Å². The summed E-state index contributed by atoms with van der Waals surface area (Å²) in [6.07, 6.45) is 2.14. The standard InChI is InChI=1S/C23H17F2N3O2S2/c24-16-7-4-8-17(25)20(16)26-18(29)12-32-23-27-21-19(15(11-31-21)13-9-10-13)22(30)28(23)14-5-2-1-3-6-14/h1-8,11,13H,9-10,12H2,(H,26,29). The minimum Gasteiger partial charge on any atom is -0.320 e. The second-order valence-corrected chi connectivity index (χ2v) is 9.25. The topological polar surface area (TPSA) is 64.0 Å². The fourth-order valence-electron chi connectivity index (χ4n) is 3.51. The van der Waals surface area contributed by atoms with Gasteiger partial charge in [0.2, 0.25) is 5.91 Å². The van der Waals surface area contributed by atoms with Crippen molar-refractivity contribution in [3.05, 3.63) is 81.5 Å². The zero-order valence-corrected chi connectivity index (χ0v) is 18.3. The number of carbonyl (C=O) groups is 1. The van der Waals surface area contributed by atoms with Gasteiger partial charge in [-0.2, -0.15) is 0 Å². The van der Waals surface area contributed by atoms with E-state index in [1.165, 1.54) is 22.0 Å². The van der Waals surface area contributed by atoms with Gasteiger partial charge in [-0.15, -0.1) is 11.3 Å². The number of hydrogen-bond acceptors (Lipinski definition) is 5. The van der Waals surface area contributed by atoms with E-state index in [-0.39, 0.29) is 11.3 Å². The molecule has 2 heterocycles. The number of thioether (sulfide) groups is 1. The lowest BCUT2D eigenvalue weighted by atomic mass is 10.1. The normalized spacial score (nSPS) is 13.4. The van der Waals surface area contributed by atoms with Crippen LogP contribution < -0.4 is 10.9 Å². The van der Waals surface area contributed by atoms with E-state index in [0.29, 0.717) is 27.0 Å². The number of amides is 1. The Labute approximate surface area is 190 Å². The van der Waals surface area contributed by atoms with E-state index in [1.807, 2.05) is 23.6 Å². The second kappa shape index (κ2) is 8.48. The van der Waals surface area contributed by atoms with Crippen molar-refractivity contribution in [1.82, 2.24) is 9.55 Å². The number of aromatic nitrogens is 2. The van der Waals surface area contributed by atoms with E-state index < -0.39 is 23.2 Å². The Morgan fingerprint density at radius 3 is 2.53 bits per heavy atom. The first-order valence-corrected chi connectivity index (χ1v) is 11.9. The molecule has 5 rings (SSSR count). The van der Waals surface area contributed by atoms with Crippen molar-refractivity contribution in [2.45, 2.75) is 23.9 Å². The molecule has 1 fully saturated rings. The Morgan fingerprint density at radius 1 is 1.12 bits per heavy atom. The van der Waals surface area contributed by atoms with Crippen LogP contribution in [0.4, 0.5) is 14.5 Å². The lowest BCUT2D eigenvalue weighted by Crippen LogP contribution is -2.23. The molecule has 0 spiro atoms. The van der Waals surface area contributed by atoms with E-state index in [1.54, 1.807) is 12.1 Å². The Balaban J connectivity index is 1.49. The molecule has 0 saturated heterocycles. The highest BCUT2D eigenvalue weighted by atomic mass is 32.2. The average molecular weight is 470 g/mol. The number of fused-ring (bicyclic) bond motifs is 1. The highest BCUT2D eigenvalue weighted by Crippen LogP contribution is 2.44. The van der Waals surface area contributed by atoms with Crippen molar-refractivity contribution in [1.29, 1.82) is 0 Å². The molecule has 2 aromatic heterocycles. The molecule has 32 heavy (non-hydrogen) atoms. The maximum Gasteiger partial charge on any atom is 0.267 e. The van der Waals surface area contributed by atoms with Gasteiger partial charge in [0.25, 0.3) is 5.56 Å². The molecule has 0 atom stereocenters. The predicted octanol–water partition coefficient (Wildman–Crippen LogP) is 5.33. The van der Waals surface area contributed by atoms with Crippen LogP contribution in [-0.4, -0.2) is 21.2 Å². The molecule has 1 saturated carbocycles. The minimum absolute atomic E-state index is 0.167. The van der Waals surface area contributed by atoms with Gasteiger partial charge in [0, 0.05) is 0 Å². The third-order valence-electron chi connectivity index (χ3n) is 5.20. The first-order chi connectivity index (χ1) is 15.5. The predicted molar refractivity (Wildman–Crippen MR) is 123 cm³/mol. The molecule has 9 heteroatoms. The largest absolute Gasteiger partial charge is 0.320 e. The Bertz CT molecular complexity index is 1360. The summed E-state index contributed by atoms with van der Waals surface area (Å²) in [6.45, 7) is 0. The zero-order valence-electron chi connectivity index (χ0n) is 16.7. The highest BCUT2D eigenvalue weighted by molar-refractivity contribution is 7.99. The van der Waals surface area contributed by atoms with Gasteiger partial charge < -0.3 is 5.32 Å². The molecule has 4 aromatic rings. The van der Waals surface area contributed by atoms with Gasteiger partial charge >= 0.3 is 0 Å². The summed E-state index contributed by atoms with van der Waals surface area (Å²) >= 11 is 2.46. The quantitative estimate of drug-likeness (QED) is 0.306. The molecule has 0 bridgehead atoms. The molecule has 1 amide bonds. The van der Waals surface area contributed by atoms with Crippen molar-refractivity contribution in [3.63, 3.8) is 0 Å². The molecule has 1 aliphatic carbocycles. The van der Waals surface area contributed by atoms with Gasteiger partial charge in [-0.1, -0.05) is 36.0 Å². The number of halogens is 2. The Kier molecular flexibility index (Phi) is 5.52. The zero-order chi connectivity index (χ0) is 22.2. The highest BCUT2D eigenvalue weighted by Gasteiger charge is 2.29. The summed E-state index contributed by atoms with van der Waals surface area (Å²) in [4.78, 5) is 31.2. The summed E-state index contributed by atoms with van der Waals surface area (Å²) in [7, 11) is 0. The molecule has 162 valence electrons. The summed E-state index contributed by atoms with van der Waals surface area (Å²) in [6, 6.07) is 12.5. The van der Waals surface area contributed by atoms with Crippen LogP contribution >= 0.6 is 23.1 Å². The Morgan fingerprint density at radius 2 is 1.84 bits per heavy atom. The minimum atomic E-state index is -0.852. The van der Waals surface area contributed by atoms with Gasteiger partial charge in [0.1, 0.15) is 22.2 Å². The SMILES string of the molecule is O=C(CSc1nc2scc(C3CC3)c2c(=O)n1-c1ccccc1)Nc1c(F)cccc1F. The van der Waals surface area contributed by atoms with Crippen LogP contribution in [0.25, 0.3) is 15.9 Å². The van der Waals surface area contributed by atoms with Gasteiger partial charge in [0.15, 0.2) is 5.16 Å². The molecular formula is C23H17F2N3O2S2. The van der Waals surface area contributed by atoms with Crippen LogP contribution in [0.15, 0.2) is 63.9 Å². The second-order valence-electron chi connectivity index (χ2n) is 7.45. The number of nitrogens with zero attached hydrogens (tertiary/aromatic N) is 2. The van der Waals surface area contributed by atoms with Gasteiger partial charge in [-0.3, -0.25) is 14.2 Å². The van der Waals surface area contributed by atoms with E-state index >= 15 is 0 Å². The van der Waals surface area contributed by atoms with E-state index in [4.69, 9.17) is 0 Å². The van der Waals surface area contributed by atoms with Crippen molar-refractivity contribution < 1.29 is 13.6 Å². The Hall–Kier alpha value is -3.04.